The highest BCUT2D eigenvalue weighted by molar-refractivity contribution is 5.89. The first-order chi connectivity index (χ1) is 8.34. The molecular formula is C13H11F3O2. The van der Waals surface area contributed by atoms with E-state index >= 15 is 0 Å². The smallest absolute Gasteiger partial charge is 0.416 e. The molecule has 0 fully saturated rings. The molecule has 0 saturated heterocycles. The maximum absolute atomic E-state index is 12.5. The molecule has 0 aromatic heterocycles. The molecule has 0 heterocycles. The minimum Gasteiger partial charge on any atom is -0.456 e. The summed E-state index contributed by atoms with van der Waals surface area (Å²) in [5, 5.41) is 0. The van der Waals surface area contributed by atoms with Crippen molar-refractivity contribution in [1.29, 1.82) is 0 Å². The molecule has 18 heavy (non-hydrogen) atoms. The SMILES string of the molecule is CCOC(=O)C#Cc1ccc(C(F)(F)F)c(C)c1. The molecule has 5 heteroatoms. The van der Waals surface area contributed by atoms with E-state index in [4.69, 9.17) is 0 Å². The highest BCUT2D eigenvalue weighted by Gasteiger charge is 2.31. The van der Waals surface area contributed by atoms with Crippen molar-refractivity contribution in [2.75, 3.05) is 6.61 Å². The van der Waals surface area contributed by atoms with Gasteiger partial charge in [-0.2, -0.15) is 13.2 Å². The lowest BCUT2D eigenvalue weighted by Crippen LogP contribution is -2.07. The van der Waals surface area contributed by atoms with Crippen LogP contribution in [-0.4, -0.2) is 12.6 Å². The zero-order valence-electron chi connectivity index (χ0n) is 9.89. The molecule has 2 nitrogen and oxygen atoms in total. The summed E-state index contributed by atoms with van der Waals surface area (Å²) < 4.78 is 42.0. The summed E-state index contributed by atoms with van der Waals surface area (Å²) in [5.74, 6) is 3.95. The predicted octanol–water partition coefficient (Wildman–Crippen LogP) is 2.93. The van der Waals surface area contributed by atoms with Crippen LogP contribution in [0.5, 0.6) is 0 Å². The van der Waals surface area contributed by atoms with Gasteiger partial charge in [-0.3, -0.25) is 0 Å². The molecule has 1 aromatic rings. The Balaban J connectivity index is 2.95. The van der Waals surface area contributed by atoms with E-state index < -0.39 is 17.7 Å². The summed E-state index contributed by atoms with van der Waals surface area (Å²) in [6.45, 7) is 3.19. The largest absolute Gasteiger partial charge is 0.456 e. The summed E-state index contributed by atoms with van der Waals surface area (Å²) in [4.78, 5) is 11.0. The van der Waals surface area contributed by atoms with Crippen molar-refractivity contribution in [2.24, 2.45) is 0 Å². The van der Waals surface area contributed by atoms with Gasteiger partial charge in [0.2, 0.25) is 0 Å². The van der Waals surface area contributed by atoms with E-state index in [-0.39, 0.29) is 12.2 Å². The minimum atomic E-state index is -4.38. The van der Waals surface area contributed by atoms with Crippen molar-refractivity contribution >= 4 is 5.97 Å². The van der Waals surface area contributed by atoms with Crippen molar-refractivity contribution in [3.8, 4) is 11.8 Å². The highest BCUT2D eigenvalue weighted by Crippen LogP contribution is 2.31. The van der Waals surface area contributed by atoms with E-state index in [9.17, 15) is 18.0 Å². The van der Waals surface area contributed by atoms with Gasteiger partial charge in [0.1, 0.15) is 0 Å². The number of hydrogen-bond acceptors (Lipinski definition) is 2. The van der Waals surface area contributed by atoms with Crippen LogP contribution < -0.4 is 0 Å². The van der Waals surface area contributed by atoms with Crippen molar-refractivity contribution in [3.63, 3.8) is 0 Å². The van der Waals surface area contributed by atoms with Gasteiger partial charge in [0, 0.05) is 11.5 Å². The number of esters is 1. The van der Waals surface area contributed by atoms with Crippen LogP contribution >= 0.6 is 0 Å². The van der Waals surface area contributed by atoms with Gasteiger partial charge in [0.25, 0.3) is 0 Å². The summed E-state index contributed by atoms with van der Waals surface area (Å²) in [6.07, 6.45) is -4.38. The Morgan fingerprint density at radius 3 is 2.56 bits per heavy atom. The van der Waals surface area contributed by atoms with Crippen LogP contribution in [-0.2, 0) is 15.7 Å². The summed E-state index contributed by atoms with van der Waals surface area (Å²) in [5.41, 5.74) is -0.295. The fraction of sp³-hybridized carbons (Fsp3) is 0.308. The average molecular weight is 256 g/mol. The maximum atomic E-state index is 12.5. The van der Waals surface area contributed by atoms with Crippen LogP contribution in [0.3, 0.4) is 0 Å². The van der Waals surface area contributed by atoms with E-state index in [2.05, 4.69) is 16.6 Å². The Kier molecular flexibility index (Phi) is 4.38. The van der Waals surface area contributed by atoms with Gasteiger partial charge in [-0.25, -0.2) is 4.79 Å². The maximum Gasteiger partial charge on any atom is 0.416 e. The lowest BCUT2D eigenvalue weighted by Gasteiger charge is -2.09. The zero-order valence-corrected chi connectivity index (χ0v) is 9.89. The van der Waals surface area contributed by atoms with Gasteiger partial charge in [-0.15, -0.1) is 0 Å². The highest BCUT2D eigenvalue weighted by atomic mass is 19.4. The first-order valence-electron chi connectivity index (χ1n) is 5.21. The first kappa shape index (κ1) is 14.1. The molecular weight excluding hydrogens is 245 g/mol. The molecule has 0 amide bonds. The number of carbonyl (C=O) groups excluding carboxylic acids is 1. The lowest BCUT2D eigenvalue weighted by molar-refractivity contribution is -0.138. The molecule has 0 aliphatic heterocycles. The third-order valence-corrected chi connectivity index (χ3v) is 2.12. The molecule has 96 valence electrons. The Hall–Kier alpha value is -1.96. The summed E-state index contributed by atoms with van der Waals surface area (Å²) in [7, 11) is 0. The predicted molar refractivity (Wildman–Crippen MR) is 59.7 cm³/mol. The molecule has 1 rings (SSSR count). The Morgan fingerprint density at radius 1 is 1.39 bits per heavy atom. The normalized spacial score (nSPS) is 10.5. The van der Waals surface area contributed by atoms with Gasteiger partial charge in [0.15, 0.2) is 0 Å². The van der Waals surface area contributed by atoms with Crippen LogP contribution in [0.25, 0.3) is 0 Å². The molecule has 0 radical (unpaired) electrons. The quantitative estimate of drug-likeness (QED) is 0.570. The molecule has 0 unspecified atom stereocenters. The summed E-state index contributed by atoms with van der Waals surface area (Å²) >= 11 is 0. The van der Waals surface area contributed by atoms with Crippen molar-refractivity contribution in [2.45, 2.75) is 20.0 Å². The molecule has 0 saturated carbocycles. The second-order valence-corrected chi connectivity index (χ2v) is 3.50. The van der Waals surface area contributed by atoms with E-state index in [1.165, 1.54) is 19.1 Å². The molecule has 0 bridgehead atoms. The number of halogens is 3. The second-order valence-electron chi connectivity index (χ2n) is 3.50. The van der Waals surface area contributed by atoms with Crippen LogP contribution in [0.1, 0.15) is 23.6 Å². The zero-order chi connectivity index (χ0) is 13.8. The van der Waals surface area contributed by atoms with E-state index in [0.29, 0.717) is 5.56 Å². The number of benzene rings is 1. The third-order valence-electron chi connectivity index (χ3n) is 2.12. The fourth-order valence-corrected chi connectivity index (χ4v) is 1.35. The molecule has 0 aliphatic rings. The van der Waals surface area contributed by atoms with Gasteiger partial charge >= 0.3 is 12.1 Å². The standard InChI is InChI=1S/C13H11F3O2/c1-3-18-12(17)7-5-10-4-6-11(9(2)8-10)13(14,15)16/h4,6,8H,3H2,1-2H3. The van der Waals surface area contributed by atoms with Gasteiger partial charge in [-0.1, -0.05) is 5.92 Å². The molecule has 0 atom stereocenters. The van der Waals surface area contributed by atoms with Crippen molar-refractivity contribution in [3.05, 3.63) is 34.9 Å². The number of ether oxygens (including phenoxy) is 1. The summed E-state index contributed by atoms with van der Waals surface area (Å²) in [6, 6.07) is 3.46. The topological polar surface area (TPSA) is 26.3 Å². The van der Waals surface area contributed by atoms with Gasteiger partial charge in [-0.05, 0) is 37.6 Å². The number of carbonyl (C=O) groups is 1. The number of hydrogen-bond donors (Lipinski definition) is 0. The molecule has 0 spiro atoms. The van der Waals surface area contributed by atoms with Crippen molar-refractivity contribution in [1.82, 2.24) is 0 Å². The number of rotatable bonds is 1. The van der Waals surface area contributed by atoms with Crippen molar-refractivity contribution < 1.29 is 22.7 Å². The monoisotopic (exact) mass is 256 g/mol. The Labute approximate surface area is 103 Å². The Bertz CT molecular complexity index is 507. The molecule has 0 N–H and O–H groups in total. The fourth-order valence-electron chi connectivity index (χ4n) is 1.35. The third kappa shape index (κ3) is 3.81. The number of aryl methyl sites for hydroxylation is 1. The van der Waals surface area contributed by atoms with Gasteiger partial charge in [0.05, 0.1) is 12.2 Å². The first-order valence-corrected chi connectivity index (χ1v) is 5.21. The van der Waals surface area contributed by atoms with Crippen LogP contribution in [0.15, 0.2) is 18.2 Å². The Morgan fingerprint density at radius 2 is 2.06 bits per heavy atom. The second kappa shape index (κ2) is 5.58. The minimum absolute atomic E-state index is 0.0677. The lowest BCUT2D eigenvalue weighted by atomic mass is 10.1. The average Bonchev–Trinajstić information content (AvgIpc) is 2.25. The van der Waals surface area contributed by atoms with Crippen LogP contribution in [0, 0.1) is 18.8 Å². The van der Waals surface area contributed by atoms with Crippen LogP contribution in [0.4, 0.5) is 13.2 Å². The number of alkyl halides is 3. The van der Waals surface area contributed by atoms with Crippen LogP contribution in [0.2, 0.25) is 0 Å². The molecule has 1 aromatic carbocycles. The van der Waals surface area contributed by atoms with E-state index in [0.717, 1.165) is 6.07 Å². The van der Waals surface area contributed by atoms with E-state index in [1.807, 2.05) is 0 Å². The molecule has 0 aliphatic carbocycles. The van der Waals surface area contributed by atoms with E-state index in [1.54, 1.807) is 6.92 Å². The van der Waals surface area contributed by atoms with Gasteiger partial charge < -0.3 is 4.74 Å².